The number of nitrogens with zero attached hydrogens (tertiary/aromatic N) is 5. The second kappa shape index (κ2) is 6.72. The van der Waals surface area contributed by atoms with Crippen LogP contribution in [0.25, 0.3) is 16.1 Å². The summed E-state index contributed by atoms with van der Waals surface area (Å²) in [4.78, 5) is 2.60. The van der Waals surface area contributed by atoms with Crippen LogP contribution in [-0.4, -0.2) is 32.6 Å². The Morgan fingerprint density at radius 1 is 1.30 bits per heavy atom. The Balaban J connectivity index is 2.06. The van der Waals surface area contributed by atoms with E-state index < -0.39 is 12.2 Å². The molecule has 0 spiro atoms. The molecule has 104 valence electrons. The van der Waals surface area contributed by atoms with Gasteiger partial charge in [0.15, 0.2) is 0 Å². The second-order valence-electron chi connectivity index (χ2n) is 4.31. The number of aliphatic hydroxyl groups is 2. The van der Waals surface area contributed by atoms with E-state index in [2.05, 4.69) is 15.1 Å². The molecule has 1 aromatic carbocycles. The van der Waals surface area contributed by atoms with Crippen LogP contribution in [0.5, 0.6) is 0 Å². The maximum Gasteiger partial charge on any atom is 0.108 e. The molecule has 0 saturated heterocycles. The normalized spacial score (nSPS) is 13.5. The van der Waals surface area contributed by atoms with Gasteiger partial charge < -0.3 is 10.2 Å². The Morgan fingerprint density at radius 3 is 2.75 bits per heavy atom. The number of benzene rings is 1. The molecule has 0 radical (unpaired) electrons. The molecule has 0 fully saturated rings. The highest BCUT2D eigenvalue weighted by Crippen LogP contribution is 2.19. The summed E-state index contributed by atoms with van der Waals surface area (Å²) in [7, 11) is 0. The number of azide groups is 1. The van der Waals surface area contributed by atoms with Gasteiger partial charge in [0.25, 0.3) is 0 Å². The highest BCUT2D eigenvalue weighted by atomic mass is 16.3. The third kappa shape index (κ3) is 3.36. The molecular formula is C13H15N5O2. The van der Waals surface area contributed by atoms with E-state index in [4.69, 9.17) is 5.53 Å². The van der Waals surface area contributed by atoms with Crippen LogP contribution in [0, 0.1) is 0 Å². The minimum Gasteiger partial charge on any atom is -0.390 e. The van der Waals surface area contributed by atoms with Gasteiger partial charge in [0.2, 0.25) is 0 Å². The Hall–Kier alpha value is -2.34. The van der Waals surface area contributed by atoms with Crippen LogP contribution < -0.4 is 0 Å². The SMILES string of the molecule is [N-]=[N+]=NCCC(O)C(O)c1cnn(-c2ccccc2)c1. The van der Waals surface area contributed by atoms with E-state index in [1.807, 2.05) is 30.3 Å². The molecule has 0 aliphatic carbocycles. The zero-order valence-corrected chi connectivity index (χ0v) is 10.7. The van der Waals surface area contributed by atoms with E-state index in [1.54, 1.807) is 10.9 Å². The zero-order valence-electron chi connectivity index (χ0n) is 10.7. The molecule has 1 aromatic heterocycles. The Bertz CT molecular complexity index is 592. The standard InChI is InChI=1S/C13H15N5O2/c14-17-15-7-6-12(19)13(20)10-8-16-18(9-10)11-4-2-1-3-5-11/h1-5,8-9,12-13,19-20H,6-7H2. The average molecular weight is 273 g/mol. The van der Waals surface area contributed by atoms with Crippen molar-refractivity contribution in [2.75, 3.05) is 6.54 Å². The molecule has 1 heterocycles. The van der Waals surface area contributed by atoms with E-state index >= 15 is 0 Å². The Kier molecular flexibility index (Phi) is 4.73. The predicted molar refractivity (Wildman–Crippen MR) is 73.2 cm³/mol. The molecule has 2 atom stereocenters. The van der Waals surface area contributed by atoms with Crippen molar-refractivity contribution in [3.05, 3.63) is 58.7 Å². The third-order valence-electron chi connectivity index (χ3n) is 2.92. The second-order valence-corrected chi connectivity index (χ2v) is 4.31. The van der Waals surface area contributed by atoms with Crippen molar-refractivity contribution in [1.29, 1.82) is 0 Å². The van der Waals surface area contributed by atoms with Gasteiger partial charge >= 0.3 is 0 Å². The summed E-state index contributed by atoms with van der Waals surface area (Å²) in [6, 6.07) is 9.47. The summed E-state index contributed by atoms with van der Waals surface area (Å²) < 4.78 is 1.62. The van der Waals surface area contributed by atoms with Crippen LogP contribution >= 0.6 is 0 Å². The Morgan fingerprint density at radius 2 is 2.05 bits per heavy atom. The zero-order chi connectivity index (χ0) is 14.4. The van der Waals surface area contributed by atoms with Gasteiger partial charge in [-0.2, -0.15) is 5.10 Å². The summed E-state index contributed by atoms with van der Waals surface area (Å²) >= 11 is 0. The first-order valence-corrected chi connectivity index (χ1v) is 6.19. The number of rotatable bonds is 6. The molecule has 7 heteroatoms. The van der Waals surface area contributed by atoms with E-state index in [0.29, 0.717) is 5.56 Å². The summed E-state index contributed by atoms with van der Waals surface area (Å²) in [5.74, 6) is 0. The molecule has 0 aliphatic heterocycles. The molecule has 2 unspecified atom stereocenters. The predicted octanol–water partition coefficient (Wildman–Crippen LogP) is 1.97. The number of hydrogen-bond donors (Lipinski definition) is 2. The maximum absolute atomic E-state index is 10.0. The first kappa shape index (κ1) is 14.1. The van der Waals surface area contributed by atoms with Crippen molar-refractivity contribution in [3.8, 4) is 5.69 Å². The lowest BCUT2D eigenvalue weighted by molar-refractivity contribution is 0.0150. The highest BCUT2D eigenvalue weighted by Gasteiger charge is 2.19. The molecule has 0 amide bonds. The first-order valence-electron chi connectivity index (χ1n) is 6.19. The van der Waals surface area contributed by atoms with Gasteiger partial charge in [-0.05, 0) is 24.1 Å². The van der Waals surface area contributed by atoms with Crippen molar-refractivity contribution < 1.29 is 10.2 Å². The van der Waals surface area contributed by atoms with Gasteiger partial charge in [-0.25, -0.2) is 4.68 Å². The smallest absolute Gasteiger partial charge is 0.108 e. The summed E-state index contributed by atoms with van der Waals surface area (Å²) in [5, 5.41) is 27.3. The lowest BCUT2D eigenvalue weighted by atomic mass is 10.1. The van der Waals surface area contributed by atoms with E-state index in [9.17, 15) is 10.2 Å². The van der Waals surface area contributed by atoms with Crippen molar-refractivity contribution in [2.45, 2.75) is 18.6 Å². The van der Waals surface area contributed by atoms with Gasteiger partial charge in [-0.1, -0.05) is 23.3 Å². The van der Waals surface area contributed by atoms with Gasteiger partial charge in [-0.15, -0.1) is 0 Å². The average Bonchev–Trinajstić information content (AvgIpc) is 2.97. The molecule has 0 bridgehead atoms. The molecule has 2 rings (SSSR count). The quantitative estimate of drug-likeness (QED) is 0.477. The molecule has 2 N–H and O–H groups in total. The summed E-state index contributed by atoms with van der Waals surface area (Å²) in [6.07, 6.45) is 1.32. The van der Waals surface area contributed by atoms with E-state index in [-0.39, 0.29) is 13.0 Å². The minimum absolute atomic E-state index is 0.140. The number of hydrogen-bond acceptors (Lipinski definition) is 4. The van der Waals surface area contributed by atoms with Gasteiger partial charge in [-0.3, -0.25) is 0 Å². The first-order chi connectivity index (χ1) is 9.72. The van der Waals surface area contributed by atoms with Gasteiger partial charge in [0.1, 0.15) is 6.10 Å². The fraction of sp³-hybridized carbons (Fsp3) is 0.308. The molecule has 0 aliphatic rings. The molecule has 0 saturated carbocycles. The fourth-order valence-corrected chi connectivity index (χ4v) is 1.83. The van der Waals surface area contributed by atoms with Gasteiger partial charge in [0.05, 0.1) is 18.0 Å². The van der Waals surface area contributed by atoms with Crippen molar-refractivity contribution >= 4 is 0 Å². The van der Waals surface area contributed by atoms with Crippen molar-refractivity contribution in [3.63, 3.8) is 0 Å². The van der Waals surface area contributed by atoms with Crippen molar-refractivity contribution in [2.24, 2.45) is 5.11 Å². The maximum atomic E-state index is 10.0. The van der Waals surface area contributed by atoms with Crippen LogP contribution in [-0.2, 0) is 0 Å². The van der Waals surface area contributed by atoms with Crippen LogP contribution in [0.15, 0.2) is 47.8 Å². The van der Waals surface area contributed by atoms with Crippen LogP contribution in [0.2, 0.25) is 0 Å². The summed E-state index contributed by atoms with van der Waals surface area (Å²) in [6.45, 7) is 0.140. The largest absolute Gasteiger partial charge is 0.390 e. The minimum atomic E-state index is -1.05. The van der Waals surface area contributed by atoms with Crippen molar-refractivity contribution in [1.82, 2.24) is 9.78 Å². The van der Waals surface area contributed by atoms with Crippen LogP contribution in [0.4, 0.5) is 0 Å². The molecular weight excluding hydrogens is 258 g/mol. The fourth-order valence-electron chi connectivity index (χ4n) is 1.83. The van der Waals surface area contributed by atoms with E-state index in [0.717, 1.165) is 5.69 Å². The lowest BCUT2D eigenvalue weighted by Gasteiger charge is -2.15. The molecule has 2 aromatic rings. The third-order valence-corrected chi connectivity index (χ3v) is 2.92. The number of aliphatic hydroxyl groups excluding tert-OH is 2. The van der Waals surface area contributed by atoms with Crippen LogP contribution in [0.3, 0.4) is 0 Å². The highest BCUT2D eigenvalue weighted by molar-refractivity contribution is 5.31. The monoisotopic (exact) mass is 273 g/mol. The van der Waals surface area contributed by atoms with Crippen LogP contribution in [0.1, 0.15) is 18.1 Å². The number of para-hydroxylation sites is 1. The van der Waals surface area contributed by atoms with Gasteiger partial charge in [0, 0.05) is 23.2 Å². The molecule has 20 heavy (non-hydrogen) atoms. The molecule has 7 nitrogen and oxygen atoms in total. The number of aromatic nitrogens is 2. The summed E-state index contributed by atoms with van der Waals surface area (Å²) in [5.41, 5.74) is 9.55. The van der Waals surface area contributed by atoms with E-state index in [1.165, 1.54) is 6.20 Å². The Labute approximate surface area is 115 Å². The topological polar surface area (TPSA) is 107 Å². The lowest BCUT2D eigenvalue weighted by Crippen LogP contribution is -2.18.